The number of benzene rings is 3. The van der Waals surface area contributed by atoms with Crippen LogP contribution in [0.3, 0.4) is 0 Å². The number of anilines is 2. The number of carboxylic acid groups (broad SMARTS) is 1. The lowest BCUT2D eigenvalue weighted by Gasteiger charge is -2.12. The zero-order chi connectivity index (χ0) is 27.4. The largest absolute Gasteiger partial charge is 0.480 e. The Hall–Kier alpha value is -4.47. The molecule has 3 aromatic carbocycles. The number of aromatic nitrogens is 2. The van der Waals surface area contributed by atoms with Gasteiger partial charge in [0.1, 0.15) is 35.5 Å². The predicted molar refractivity (Wildman–Crippen MR) is 147 cm³/mol. The highest BCUT2D eigenvalue weighted by Crippen LogP contribution is 2.35. The fourth-order valence-electron chi connectivity index (χ4n) is 4.01. The van der Waals surface area contributed by atoms with Gasteiger partial charge in [-0.25, -0.2) is 14.4 Å². The van der Waals surface area contributed by atoms with Gasteiger partial charge in [0, 0.05) is 16.6 Å². The van der Waals surface area contributed by atoms with Crippen LogP contribution in [0.25, 0.3) is 22.2 Å². The van der Waals surface area contributed by atoms with Gasteiger partial charge in [0.05, 0.1) is 17.1 Å². The second-order valence-corrected chi connectivity index (χ2v) is 9.11. The molecule has 1 unspecified atom stereocenters. The molecule has 0 radical (unpaired) electrons. The third-order valence-corrected chi connectivity index (χ3v) is 6.36. The molecular weight excluding hydrogens is 523 g/mol. The second-order valence-electron chi connectivity index (χ2n) is 8.70. The minimum Gasteiger partial charge on any atom is -0.480 e. The van der Waals surface area contributed by atoms with E-state index in [-0.39, 0.29) is 5.75 Å². The maximum absolute atomic E-state index is 14.0. The Morgan fingerprint density at radius 1 is 1.08 bits per heavy atom. The van der Waals surface area contributed by atoms with Crippen LogP contribution in [0.1, 0.15) is 19.1 Å². The van der Waals surface area contributed by atoms with Crippen LogP contribution in [0.4, 0.5) is 15.9 Å². The van der Waals surface area contributed by atoms with Crippen LogP contribution >= 0.6 is 11.6 Å². The first-order valence-corrected chi connectivity index (χ1v) is 12.6. The number of hydrogen-bond donors (Lipinski definition) is 3. The van der Waals surface area contributed by atoms with Crippen molar-refractivity contribution in [3.05, 3.63) is 95.7 Å². The first-order chi connectivity index (χ1) is 18.9. The molecule has 0 saturated heterocycles. The topological polar surface area (TPSA) is 110 Å². The maximum Gasteiger partial charge on any atom is 0.320 e. The highest BCUT2D eigenvalue weighted by Gasteiger charge is 2.16. The van der Waals surface area contributed by atoms with Crippen molar-refractivity contribution >= 4 is 40.0 Å². The number of rotatable bonds is 10. The van der Waals surface area contributed by atoms with Gasteiger partial charge in [-0.1, -0.05) is 30.7 Å². The van der Waals surface area contributed by atoms with E-state index in [9.17, 15) is 14.3 Å². The van der Waals surface area contributed by atoms with Gasteiger partial charge < -0.3 is 19.6 Å². The lowest BCUT2D eigenvalue weighted by atomic mass is 10.1. The van der Waals surface area contributed by atoms with Crippen molar-refractivity contribution in [3.8, 4) is 22.8 Å². The number of carbonyl (C=O) groups is 1. The number of ether oxygens (including phenoxy) is 1. The fourth-order valence-corrected chi connectivity index (χ4v) is 4.23. The average Bonchev–Trinajstić information content (AvgIpc) is 3.40. The van der Waals surface area contributed by atoms with Crippen LogP contribution in [0.15, 0.2) is 83.5 Å². The molecule has 2 aromatic heterocycles. The van der Waals surface area contributed by atoms with E-state index in [4.69, 9.17) is 20.8 Å². The number of aliphatic carboxylic acids is 1. The summed E-state index contributed by atoms with van der Waals surface area (Å²) in [6, 6.07) is 19.9. The first kappa shape index (κ1) is 26.1. The number of nitrogens with one attached hydrogen (secondary N) is 2. The molecule has 0 amide bonds. The van der Waals surface area contributed by atoms with Crippen molar-refractivity contribution < 1.29 is 23.4 Å². The number of furan rings is 1. The normalized spacial score (nSPS) is 11.9. The molecule has 10 heteroatoms. The molecule has 0 aliphatic rings. The van der Waals surface area contributed by atoms with Gasteiger partial charge in [-0.05, 0) is 67.1 Å². The highest BCUT2D eigenvalue weighted by molar-refractivity contribution is 6.32. The molecule has 5 rings (SSSR count). The Bertz CT molecular complexity index is 1640. The smallest absolute Gasteiger partial charge is 0.320 e. The molecule has 39 heavy (non-hydrogen) atoms. The first-order valence-electron chi connectivity index (χ1n) is 12.2. The highest BCUT2D eigenvalue weighted by atomic mass is 35.5. The Kier molecular flexibility index (Phi) is 7.72. The van der Waals surface area contributed by atoms with E-state index in [2.05, 4.69) is 20.6 Å². The Labute approximate surface area is 228 Å². The van der Waals surface area contributed by atoms with E-state index in [0.29, 0.717) is 46.8 Å². The zero-order valence-corrected chi connectivity index (χ0v) is 21.6. The average molecular weight is 547 g/mol. The van der Waals surface area contributed by atoms with Gasteiger partial charge in [-0.3, -0.25) is 10.1 Å². The monoisotopic (exact) mass is 546 g/mol. The Balaban J connectivity index is 1.36. The summed E-state index contributed by atoms with van der Waals surface area (Å²) in [6.45, 7) is 2.11. The molecule has 0 aliphatic carbocycles. The molecule has 1 atom stereocenters. The molecule has 5 aromatic rings. The van der Waals surface area contributed by atoms with E-state index in [1.54, 1.807) is 30.3 Å². The van der Waals surface area contributed by atoms with E-state index in [1.165, 1.54) is 18.5 Å². The van der Waals surface area contributed by atoms with Gasteiger partial charge in [0.15, 0.2) is 11.6 Å². The van der Waals surface area contributed by atoms with Crippen LogP contribution in [0.2, 0.25) is 5.02 Å². The summed E-state index contributed by atoms with van der Waals surface area (Å²) < 4.78 is 25.6. The summed E-state index contributed by atoms with van der Waals surface area (Å²) in [6.07, 6.45) is 1.93. The molecule has 0 fully saturated rings. The van der Waals surface area contributed by atoms with Gasteiger partial charge in [0.25, 0.3) is 0 Å². The Morgan fingerprint density at radius 3 is 2.69 bits per heavy atom. The molecule has 0 saturated carbocycles. The number of fused-ring (bicyclic) bond motifs is 1. The SMILES string of the molecule is CCC(NCc1ccc(-c2ccc3ncnc(Nc4ccc(Oc5ccccc5F)c(Cl)c4)c3c2)o1)C(=O)O. The zero-order valence-electron chi connectivity index (χ0n) is 20.8. The molecule has 2 heterocycles. The maximum atomic E-state index is 14.0. The van der Waals surface area contributed by atoms with Gasteiger partial charge in [0.2, 0.25) is 0 Å². The summed E-state index contributed by atoms with van der Waals surface area (Å²) in [5.74, 6) is 0.833. The van der Waals surface area contributed by atoms with Gasteiger partial charge in [-0.2, -0.15) is 0 Å². The van der Waals surface area contributed by atoms with Gasteiger partial charge >= 0.3 is 5.97 Å². The fraction of sp³-hybridized carbons (Fsp3) is 0.138. The third-order valence-electron chi connectivity index (χ3n) is 6.06. The number of hydrogen-bond acceptors (Lipinski definition) is 7. The molecule has 8 nitrogen and oxygen atoms in total. The van der Waals surface area contributed by atoms with E-state index in [0.717, 1.165) is 16.5 Å². The van der Waals surface area contributed by atoms with Crippen LogP contribution in [-0.4, -0.2) is 27.1 Å². The predicted octanol–water partition coefficient (Wildman–Crippen LogP) is 7.17. The van der Waals surface area contributed by atoms with Crippen molar-refractivity contribution in [1.29, 1.82) is 0 Å². The van der Waals surface area contributed by atoms with Crippen molar-refractivity contribution in [1.82, 2.24) is 15.3 Å². The van der Waals surface area contributed by atoms with Crippen molar-refractivity contribution in [2.24, 2.45) is 0 Å². The standard InChI is InChI=1S/C29H24ClFN4O4/c1-2-23(29(36)37)32-15-19-9-12-25(38-19)17-7-10-24-20(13-17)28(34-16-33-24)35-18-8-11-26(21(30)14-18)39-27-6-4-3-5-22(27)31/h3-14,16,23,32H,2,15H2,1H3,(H,36,37)(H,33,34,35). The van der Waals surface area contributed by atoms with Crippen LogP contribution in [0, 0.1) is 5.82 Å². The van der Waals surface area contributed by atoms with Crippen molar-refractivity contribution in [2.75, 3.05) is 5.32 Å². The molecule has 0 spiro atoms. The van der Waals surface area contributed by atoms with Crippen molar-refractivity contribution in [2.45, 2.75) is 25.9 Å². The molecule has 3 N–H and O–H groups in total. The van der Waals surface area contributed by atoms with Gasteiger partial charge in [-0.15, -0.1) is 0 Å². The molecule has 0 aliphatic heterocycles. The summed E-state index contributed by atoms with van der Waals surface area (Å²) in [5.41, 5.74) is 2.19. The van der Waals surface area contributed by atoms with E-state index < -0.39 is 17.8 Å². The third kappa shape index (κ3) is 6.00. The minimum absolute atomic E-state index is 0.0818. The van der Waals surface area contributed by atoms with E-state index >= 15 is 0 Å². The lowest BCUT2D eigenvalue weighted by molar-refractivity contribution is -0.139. The molecule has 0 bridgehead atoms. The van der Waals surface area contributed by atoms with Crippen LogP contribution < -0.4 is 15.4 Å². The molecular formula is C29H24ClFN4O4. The molecule has 198 valence electrons. The summed E-state index contributed by atoms with van der Waals surface area (Å²) >= 11 is 6.43. The number of carboxylic acids is 1. The summed E-state index contributed by atoms with van der Waals surface area (Å²) in [7, 11) is 0. The number of halogens is 2. The van der Waals surface area contributed by atoms with Crippen molar-refractivity contribution in [3.63, 3.8) is 0 Å². The van der Waals surface area contributed by atoms with E-state index in [1.807, 2.05) is 37.3 Å². The Morgan fingerprint density at radius 2 is 1.92 bits per heavy atom. The number of para-hydroxylation sites is 1. The minimum atomic E-state index is -0.896. The summed E-state index contributed by atoms with van der Waals surface area (Å²) in [4.78, 5) is 20.0. The lowest BCUT2D eigenvalue weighted by Crippen LogP contribution is -2.35. The summed E-state index contributed by atoms with van der Waals surface area (Å²) in [5, 5.41) is 16.5. The van der Waals surface area contributed by atoms with Crippen LogP contribution in [-0.2, 0) is 11.3 Å². The van der Waals surface area contributed by atoms with Crippen LogP contribution in [0.5, 0.6) is 11.5 Å². The number of nitrogens with zero attached hydrogens (tertiary/aromatic N) is 2. The quantitative estimate of drug-likeness (QED) is 0.169. The second kappa shape index (κ2) is 11.5.